The lowest BCUT2D eigenvalue weighted by molar-refractivity contribution is 0.0794. The molecule has 0 fully saturated rings. The molecule has 2 aromatic carbocycles. The summed E-state index contributed by atoms with van der Waals surface area (Å²) in [5, 5.41) is 0. The summed E-state index contributed by atoms with van der Waals surface area (Å²) in [6, 6.07) is 18.3. The highest BCUT2D eigenvalue weighted by Crippen LogP contribution is 2.26. The highest BCUT2D eigenvalue weighted by atomic mass is 16.2. The Hall–Kier alpha value is -3.14. The molecule has 0 aromatic heterocycles. The molecule has 2 aromatic rings. The van der Waals surface area contributed by atoms with Crippen LogP contribution in [0.4, 0.5) is 0 Å². The lowest BCUT2D eigenvalue weighted by Crippen LogP contribution is -2.35. The molecule has 1 aliphatic rings. The van der Waals surface area contributed by atoms with Gasteiger partial charge >= 0.3 is 0 Å². The standard InChI is InChI=1S/C22H22N2O2/c1-23(21(25)17-11-5-3-6-12-17)19-15-9-10-16-20(19)24(2)22(26)18-13-7-4-8-14-18/h3-8,11-16H,9-10H2,1-2H3. The molecule has 0 spiro atoms. The Kier molecular flexibility index (Phi) is 5.32. The van der Waals surface area contributed by atoms with E-state index >= 15 is 0 Å². The molecular weight excluding hydrogens is 324 g/mol. The third kappa shape index (κ3) is 3.59. The molecule has 26 heavy (non-hydrogen) atoms. The van der Waals surface area contributed by atoms with Gasteiger partial charge in [-0.15, -0.1) is 0 Å². The number of carbonyl (C=O) groups excluding carboxylic acids is 2. The summed E-state index contributed by atoms with van der Waals surface area (Å²) in [4.78, 5) is 28.9. The number of rotatable bonds is 4. The highest BCUT2D eigenvalue weighted by molar-refractivity contribution is 5.97. The van der Waals surface area contributed by atoms with Gasteiger partial charge in [-0.3, -0.25) is 9.59 Å². The molecule has 0 saturated heterocycles. The molecule has 132 valence electrons. The van der Waals surface area contributed by atoms with Crippen LogP contribution >= 0.6 is 0 Å². The minimum Gasteiger partial charge on any atom is -0.310 e. The molecule has 0 unspecified atom stereocenters. The number of hydrogen-bond acceptors (Lipinski definition) is 2. The summed E-state index contributed by atoms with van der Waals surface area (Å²) in [7, 11) is 3.50. The van der Waals surface area contributed by atoms with Crippen LogP contribution in [0, 0.1) is 0 Å². The maximum atomic E-state index is 12.8. The van der Waals surface area contributed by atoms with Gasteiger partial charge in [0.05, 0.1) is 11.4 Å². The predicted molar refractivity (Wildman–Crippen MR) is 102 cm³/mol. The number of amides is 2. The van der Waals surface area contributed by atoms with Crippen LogP contribution in [0.2, 0.25) is 0 Å². The Morgan fingerprint density at radius 2 is 1.00 bits per heavy atom. The van der Waals surface area contributed by atoms with Crippen molar-refractivity contribution >= 4 is 11.8 Å². The second kappa shape index (κ2) is 7.83. The molecule has 3 rings (SSSR count). The first kappa shape index (κ1) is 17.7. The fourth-order valence-corrected chi connectivity index (χ4v) is 3.03. The molecule has 0 saturated carbocycles. The first-order chi connectivity index (χ1) is 12.6. The first-order valence-corrected chi connectivity index (χ1v) is 8.66. The van der Waals surface area contributed by atoms with Gasteiger partial charge in [-0.2, -0.15) is 0 Å². The van der Waals surface area contributed by atoms with Gasteiger partial charge in [0.2, 0.25) is 0 Å². The number of likely N-dealkylation sites (N-methyl/N-ethyl adjacent to an activating group) is 2. The van der Waals surface area contributed by atoms with Crippen LogP contribution in [0.25, 0.3) is 0 Å². The van der Waals surface area contributed by atoms with E-state index < -0.39 is 0 Å². The van der Waals surface area contributed by atoms with Gasteiger partial charge in [0.15, 0.2) is 0 Å². The smallest absolute Gasteiger partial charge is 0.258 e. The molecule has 2 amide bonds. The summed E-state index contributed by atoms with van der Waals surface area (Å²) >= 11 is 0. The minimum atomic E-state index is -0.0924. The number of nitrogens with zero attached hydrogens (tertiary/aromatic N) is 2. The summed E-state index contributed by atoms with van der Waals surface area (Å²) in [5.74, 6) is -0.185. The fraction of sp³-hybridized carbons (Fsp3) is 0.182. The lowest BCUT2D eigenvalue weighted by atomic mass is 10.0. The monoisotopic (exact) mass is 346 g/mol. The van der Waals surface area contributed by atoms with E-state index in [1.54, 1.807) is 48.2 Å². The van der Waals surface area contributed by atoms with Crippen LogP contribution in [0.5, 0.6) is 0 Å². The van der Waals surface area contributed by atoms with Crippen molar-refractivity contribution < 1.29 is 9.59 Å². The quantitative estimate of drug-likeness (QED) is 0.836. The van der Waals surface area contributed by atoms with E-state index in [1.165, 1.54) is 0 Å². The number of benzene rings is 2. The molecule has 0 bridgehead atoms. The first-order valence-electron chi connectivity index (χ1n) is 8.66. The van der Waals surface area contributed by atoms with Crippen molar-refractivity contribution in [2.45, 2.75) is 12.8 Å². The van der Waals surface area contributed by atoms with Crippen LogP contribution in [-0.2, 0) is 0 Å². The fourth-order valence-electron chi connectivity index (χ4n) is 3.03. The van der Waals surface area contributed by atoms with Crippen molar-refractivity contribution in [2.24, 2.45) is 0 Å². The van der Waals surface area contributed by atoms with Crippen molar-refractivity contribution in [3.63, 3.8) is 0 Å². The average molecular weight is 346 g/mol. The third-order valence-corrected chi connectivity index (χ3v) is 4.48. The molecule has 0 radical (unpaired) electrons. The van der Waals surface area contributed by atoms with Gasteiger partial charge in [-0.1, -0.05) is 48.6 Å². The zero-order valence-corrected chi connectivity index (χ0v) is 15.1. The SMILES string of the molecule is CN(C(=O)c1ccccc1)C1=CCCC=C1N(C)C(=O)c1ccccc1. The molecule has 0 aliphatic heterocycles. The number of hydrogen-bond donors (Lipinski definition) is 0. The molecule has 0 atom stereocenters. The van der Waals surface area contributed by atoms with E-state index in [-0.39, 0.29) is 11.8 Å². The minimum absolute atomic E-state index is 0.0924. The van der Waals surface area contributed by atoms with Gasteiger partial charge in [-0.05, 0) is 37.1 Å². The molecular formula is C22H22N2O2. The summed E-state index contributed by atoms with van der Waals surface area (Å²) in [6.45, 7) is 0. The molecule has 1 aliphatic carbocycles. The second-order valence-electron chi connectivity index (χ2n) is 6.22. The van der Waals surface area contributed by atoms with E-state index in [9.17, 15) is 9.59 Å². The van der Waals surface area contributed by atoms with Crippen LogP contribution in [-0.4, -0.2) is 35.7 Å². The normalized spacial score (nSPS) is 13.5. The Balaban J connectivity index is 1.85. The van der Waals surface area contributed by atoms with E-state index in [2.05, 4.69) is 0 Å². The van der Waals surface area contributed by atoms with Gasteiger partial charge in [0, 0.05) is 25.2 Å². The van der Waals surface area contributed by atoms with Crippen molar-refractivity contribution in [2.75, 3.05) is 14.1 Å². The van der Waals surface area contributed by atoms with Crippen LogP contribution < -0.4 is 0 Å². The summed E-state index contributed by atoms with van der Waals surface area (Å²) < 4.78 is 0. The molecule has 0 N–H and O–H groups in total. The summed E-state index contributed by atoms with van der Waals surface area (Å²) in [6.07, 6.45) is 5.73. The topological polar surface area (TPSA) is 40.6 Å². The molecule has 4 heteroatoms. The number of allylic oxidation sites excluding steroid dienone is 2. The largest absolute Gasteiger partial charge is 0.310 e. The summed E-state index contributed by atoms with van der Waals surface area (Å²) in [5.41, 5.74) is 2.77. The van der Waals surface area contributed by atoms with Gasteiger partial charge < -0.3 is 9.80 Å². The lowest BCUT2D eigenvalue weighted by Gasteiger charge is -2.30. The predicted octanol–water partition coefficient (Wildman–Crippen LogP) is 4.09. The number of carbonyl (C=O) groups is 2. The second-order valence-corrected chi connectivity index (χ2v) is 6.22. The van der Waals surface area contributed by atoms with E-state index in [0.717, 1.165) is 24.2 Å². The van der Waals surface area contributed by atoms with Crippen molar-refractivity contribution in [3.05, 3.63) is 95.3 Å². The Morgan fingerprint density at radius 3 is 1.35 bits per heavy atom. The van der Waals surface area contributed by atoms with Crippen LogP contribution in [0.1, 0.15) is 33.6 Å². The van der Waals surface area contributed by atoms with Crippen molar-refractivity contribution in [1.29, 1.82) is 0 Å². The van der Waals surface area contributed by atoms with E-state index in [1.807, 2.05) is 48.6 Å². The Morgan fingerprint density at radius 1 is 0.654 bits per heavy atom. The van der Waals surface area contributed by atoms with Gasteiger partial charge in [-0.25, -0.2) is 0 Å². The van der Waals surface area contributed by atoms with E-state index in [0.29, 0.717) is 11.1 Å². The van der Waals surface area contributed by atoms with Gasteiger partial charge in [0.25, 0.3) is 11.8 Å². The molecule has 4 nitrogen and oxygen atoms in total. The Bertz CT molecular complexity index is 781. The third-order valence-electron chi connectivity index (χ3n) is 4.48. The van der Waals surface area contributed by atoms with Crippen LogP contribution in [0.3, 0.4) is 0 Å². The highest BCUT2D eigenvalue weighted by Gasteiger charge is 2.25. The average Bonchev–Trinajstić information content (AvgIpc) is 2.73. The van der Waals surface area contributed by atoms with Crippen LogP contribution in [0.15, 0.2) is 84.2 Å². The van der Waals surface area contributed by atoms with E-state index in [4.69, 9.17) is 0 Å². The molecule has 0 heterocycles. The van der Waals surface area contributed by atoms with Crippen molar-refractivity contribution in [1.82, 2.24) is 9.80 Å². The maximum absolute atomic E-state index is 12.8. The van der Waals surface area contributed by atoms with Crippen molar-refractivity contribution in [3.8, 4) is 0 Å². The Labute approximate surface area is 154 Å². The van der Waals surface area contributed by atoms with Gasteiger partial charge in [0.1, 0.15) is 0 Å². The zero-order valence-electron chi connectivity index (χ0n) is 15.1. The maximum Gasteiger partial charge on any atom is 0.258 e. The zero-order chi connectivity index (χ0) is 18.5.